The third-order valence-corrected chi connectivity index (χ3v) is 5.31. The molecule has 0 aliphatic heterocycles. The highest BCUT2D eigenvalue weighted by Crippen LogP contribution is 2.21. The third kappa shape index (κ3) is 5.55. The maximum absolute atomic E-state index is 13.2. The monoisotopic (exact) mass is 491 g/mol. The van der Waals surface area contributed by atoms with Gasteiger partial charge in [-0.25, -0.2) is 24.0 Å². The number of hydrogen-bond donors (Lipinski definition) is 2. The van der Waals surface area contributed by atoms with Gasteiger partial charge in [0, 0.05) is 6.20 Å². The zero-order chi connectivity index (χ0) is 24.9. The highest BCUT2D eigenvalue weighted by Gasteiger charge is 2.32. The minimum atomic E-state index is -4.68. The highest BCUT2D eigenvalue weighted by molar-refractivity contribution is 7.90. The topological polar surface area (TPSA) is 177 Å². The molecule has 0 saturated heterocycles. The number of rotatable bonds is 8. The van der Waals surface area contributed by atoms with Gasteiger partial charge in [0.1, 0.15) is 5.56 Å². The lowest BCUT2D eigenvalue weighted by Gasteiger charge is -2.12. The van der Waals surface area contributed by atoms with Gasteiger partial charge in [0.15, 0.2) is 10.8 Å². The van der Waals surface area contributed by atoms with Gasteiger partial charge in [0.2, 0.25) is 17.7 Å². The summed E-state index contributed by atoms with van der Waals surface area (Å²) >= 11 is 0. The Morgan fingerprint density at radius 2 is 1.76 bits per heavy atom. The number of carbonyl (C=O) groups excluding carboxylic acids is 2. The SMILES string of the molecule is COc1cc(OC)nc(NC(=O)NS(=O)(=O)c2c(C(=O)OC(C)C)cnn2-c2ccccn2)n1. The summed E-state index contributed by atoms with van der Waals surface area (Å²) in [5, 5.41) is 5.50. The van der Waals surface area contributed by atoms with Crippen LogP contribution in [-0.4, -0.2) is 65.5 Å². The number of anilines is 1. The van der Waals surface area contributed by atoms with Crippen molar-refractivity contribution in [1.29, 1.82) is 0 Å². The van der Waals surface area contributed by atoms with Crippen molar-refractivity contribution < 1.29 is 32.2 Å². The number of aromatic nitrogens is 5. The largest absolute Gasteiger partial charge is 0.481 e. The first-order valence-corrected chi connectivity index (χ1v) is 11.1. The molecular weight excluding hydrogens is 470 g/mol. The summed E-state index contributed by atoms with van der Waals surface area (Å²) in [6.45, 7) is 3.20. The molecule has 0 atom stereocenters. The summed E-state index contributed by atoms with van der Waals surface area (Å²) < 4.78 is 44.2. The van der Waals surface area contributed by atoms with Gasteiger partial charge in [-0.2, -0.15) is 23.5 Å². The number of esters is 1. The maximum Gasteiger partial charge on any atom is 0.343 e. The summed E-state index contributed by atoms with van der Waals surface area (Å²) in [5.41, 5.74) is -0.390. The Kier molecular flexibility index (Phi) is 7.25. The van der Waals surface area contributed by atoms with Crippen molar-refractivity contribution >= 4 is 28.0 Å². The van der Waals surface area contributed by atoms with Crippen molar-refractivity contribution in [3.8, 4) is 17.6 Å². The molecule has 2 N–H and O–H groups in total. The molecule has 0 aromatic carbocycles. The van der Waals surface area contributed by atoms with E-state index in [1.54, 1.807) is 30.7 Å². The van der Waals surface area contributed by atoms with Crippen molar-refractivity contribution in [2.75, 3.05) is 19.5 Å². The van der Waals surface area contributed by atoms with Crippen LogP contribution in [0.1, 0.15) is 24.2 Å². The predicted octanol–water partition coefficient (Wildman–Crippen LogP) is 1.15. The Labute approximate surface area is 194 Å². The van der Waals surface area contributed by atoms with Crippen LogP contribution in [0.25, 0.3) is 5.82 Å². The minimum Gasteiger partial charge on any atom is -0.481 e. The van der Waals surface area contributed by atoms with Gasteiger partial charge in [0.25, 0.3) is 10.0 Å². The van der Waals surface area contributed by atoms with Crippen LogP contribution >= 0.6 is 0 Å². The van der Waals surface area contributed by atoms with Gasteiger partial charge in [-0.3, -0.25) is 5.32 Å². The predicted molar refractivity (Wildman–Crippen MR) is 116 cm³/mol. The quantitative estimate of drug-likeness (QED) is 0.432. The van der Waals surface area contributed by atoms with Crippen molar-refractivity contribution in [2.45, 2.75) is 25.0 Å². The first-order valence-electron chi connectivity index (χ1n) is 9.66. The molecule has 0 radical (unpaired) electrons. The normalized spacial score (nSPS) is 11.1. The molecule has 3 aromatic heterocycles. The molecule has 15 heteroatoms. The lowest BCUT2D eigenvalue weighted by Crippen LogP contribution is -2.36. The molecule has 14 nitrogen and oxygen atoms in total. The van der Waals surface area contributed by atoms with Gasteiger partial charge >= 0.3 is 12.0 Å². The van der Waals surface area contributed by atoms with Crippen LogP contribution in [0.3, 0.4) is 0 Å². The fourth-order valence-corrected chi connectivity index (χ4v) is 3.81. The van der Waals surface area contributed by atoms with Crippen LogP contribution in [-0.2, 0) is 14.8 Å². The van der Waals surface area contributed by atoms with Crippen molar-refractivity contribution in [2.24, 2.45) is 0 Å². The van der Waals surface area contributed by atoms with E-state index in [0.29, 0.717) is 0 Å². The molecule has 3 heterocycles. The molecule has 0 bridgehead atoms. The molecule has 0 saturated carbocycles. The lowest BCUT2D eigenvalue weighted by molar-refractivity contribution is 0.0373. The number of carbonyl (C=O) groups is 2. The van der Waals surface area contributed by atoms with E-state index >= 15 is 0 Å². The van der Waals surface area contributed by atoms with Gasteiger partial charge in [-0.05, 0) is 26.0 Å². The Morgan fingerprint density at radius 1 is 1.09 bits per heavy atom. The van der Waals surface area contributed by atoms with E-state index in [2.05, 4.69) is 25.4 Å². The molecule has 3 rings (SSSR count). The van der Waals surface area contributed by atoms with E-state index in [9.17, 15) is 18.0 Å². The fourth-order valence-electron chi connectivity index (χ4n) is 2.62. The highest BCUT2D eigenvalue weighted by atomic mass is 32.2. The van der Waals surface area contributed by atoms with Gasteiger partial charge in [0.05, 0.1) is 32.6 Å². The van der Waals surface area contributed by atoms with Crippen LogP contribution in [0.15, 0.2) is 41.7 Å². The van der Waals surface area contributed by atoms with E-state index in [-0.39, 0.29) is 29.1 Å². The summed E-state index contributed by atoms with van der Waals surface area (Å²) in [7, 11) is -2.00. The number of urea groups is 1. The van der Waals surface area contributed by atoms with Gasteiger partial charge in [-0.1, -0.05) is 6.07 Å². The first kappa shape index (κ1) is 24.4. The molecule has 2 amide bonds. The Morgan fingerprint density at radius 3 is 2.32 bits per heavy atom. The average Bonchev–Trinajstić information content (AvgIpc) is 3.25. The van der Waals surface area contributed by atoms with Crippen molar-refractivity contribution in [3.63, 3.8) is 0 Å². The van der Waals surface area contributed by atoms with Crippen molar-refractivity contribution in [1.82, 2.24) is 29.5 Å². The maximum atomic E-state index is 13.2. The molecule has 0 aliphatic rings. The van der Waals surface area contributed by atoms with Crippen LogP contribution in [0.4, 0.5) is 10.7 Å². The molecular formula is C19H21N7O7S. The number of sulfonamides is 1. The molecule has 0 unspecified atom stereocenters. The third-order valence-electron chi connectivity index (χ3n) is 3.96. The molecule has 3 aromatic rings. The van der Waals surface area contributed by atoms with Gasteiger partial charge in [-0.15, -0.1) is 0 Å². The Bertz CT molecular complexity index is 1270. The molecule has 34 heavy (non-hydrogen) atoms. The lowest BCUT2D eigenvalue weighted by atomic mass is 10.3. The van der Waals surface area contributed by atoms with E-state index in [1.165, 1.54) is 32.5 Å². The Hall–Kier alpha value is -4.27. The van der Waals surface area contributed by atoms with E-state index in [0.717, 1.165) is 10.9 Å². The second kappa shape index (κ2) is 10.1. The molecule has 0 spiro atoms. The fraction of sp³-hybridized carbons (Fsp3) is 0.263. The second-order valence-electron chi connectivity index (χ2n) is 6.75. The number of hydrogen-bond acceptors (Lipinski definition) is 11. The number of methoxy groups -OCH3 is 2. The standard InChI is InChI=1S/C19H21N7O7S/c1-11(2)33-17(27)12-10-21-26(13-7-5-6-8-20-13)16(12)34(29,30)25-19(28)24-18-22-14(31-3)9-15(23-18)32-4/h5-11H,1-4H3,(H2,22,23,24,25,28). The average molecular weight is 491 g/mol. The van der Waals surface area contributed by atoms with E-state index < -0.39 is 33.2 Å². The first-order chi connectivity index (χ1) is 16.1. The summed E-state index contributed by atoms with van der Waals surface area (Å²) in [5.74, 6) is -1.01. The summed E-state index contributed by atoms with van der Waals surface area (Å²) in [6, 6.07) is 4.83. The zero-order valence-corrected chi connectivity index (χ0v) is 19.4. The zero-order valence-electron chi connectivity index (χ0n) is 18.5. The smallest absolute Gasteiger partial charge is 0.343 e. The second-order valence-corrected chi connectivity index (χ2v) is 8.35. The number of nitrogens with one attached hydrogen (secondary N) is 2. The van der Waals surface area contributed by atoms with E-state index in [1.807, 2.05) is 0 Å². The number of amides is 2. The van der Waals surface area contributed by atoms with Gasteiger partial charge < -0.3 is 14.2 Å². The number of ether oxygens (including phenoxy) is 3. The van der Waals surface area contributed by atoms with Crippen molar-refractivity contribution in [3.05, 3.63) is 42.2 Å². The van der Waals surface area contributed by atoms with Crippen LogP contribution in [0.5, 0.6) is 11.8 Å². The van der Waals surface area contributed by atoms with E-state index in [4.69, 9.17) is 14.2 Å². The number of pyridine rings is 1. The number of nitrogens with zero attached hydrogens (tertiary/aromatic N) is 5. The summed E-state index contributed by atoms with van der Waals surface area (Å²) in [6.07, 6.45) is 1.90. The summed E-state index contributed by atoms with van der Waals surface area (Å²) in [4.78, 5) is 36.9. The van der Waals surface area contributed by atoms with Crippen LogP contribution in [0, 0.1) is 0 Å². The molecule has 0 fully saturated rings. The Balaban J connectivity index is 1.96. The van der Waals surface area contributed by atoms with Crippen LogP contribution < -0.4 is 19.5 Å². The van der Waals surface area contributed by atoms with Crippen LogP contribution in [0.2, 0.25) is 0 Å². The minimum absolute atomic E-state index is 0.0666. The molecule has 0 aliphatic carbocycles. The molecule has 180 valence electrons.